The smallest absolute Gasteiger partial charge is 0.283 e. The molecule has 8 heteroatoms. The Bertz CT molecular complexity index is 1380. The number of aromatic nitrogens is 1. The number of amides is 2. The van der Waals surface area contributed by atoms with Crippen molar-refractivity contribution in [2.75, 3.05) is 18.5 Å². The highest BCUT2D eigenvalue weighted by Crippen LogP contribution is 2.26. The molecule has 0 radical (unpaired) electrons. The van der Waals surface area contributed by atoms with E-state index in [1.807, 2.05) is 66.1 Å². The van der Waals surface area contributed by atoms with Crippen molar-refractivity contribution in [1.29, 1.82) is 0 Å². The van der Waals surface area contributed by atoms with E-state index in [1.165, 1.54) is 18.3 Å². The highest BCUT2D eigenvalue weighted by molar-refractivity contribution is 7.16. The Balaban J connectivity index is 1.74. The molecule has 0 aliphatic rings. The number of hydrogen-bond donors (Lipinski definition) is 1. The van der Waals surface area contributed by atoms with Gasteiger partial charge in [-0.3, -0.25) is 9.59 Å². The summed E-state index contributed by atoms with van der Waals surface area (Å²) < 4.78 is 14.4. The van der Waals surface area contributed by atoms with Crippen LogP contribution in [0.1, 0.15) is 24.2 Å². The van der Waals surface area contributed by atoms with Gasteiger partial charge in [0.1, 0.15) is 11.5 Å². The summed E-state index contributed by atoms with van der Waals surface area (Å²) >= 11 is 1.38. The number of carbonyl (C=O) groups is 2. The van der Waals surface area contributed by atoms with E-state index in [4.69, 9.17) is 9.47 Å². The van der Waals surface area contributed by atoms with Crippen molar-refractivity contribution >= 4 is 39.1 Å². The number of hydrogen-bond acceptors (Lipinski definition) is 5. The van der Waals surface area contributed by atoms with Crippen molar-refractivity contribution in [2.45, 2.75) is 20.4 Å². The lowest BCUT2D eigenvalue weighted by Crippen LogP contribution is -2.20. The Morgan fingerprint density at radius 3 is 2.56 bits per heavy atom. The molecule has 0 bridgehead atoms. The van der Waals surface area contributed by atoms with Crippen LogP contribution in [-0.4, -0.2) is 29.6 Å². The number of rotatable bonds is 8. The second-order valence-corrected chi connectivity index (χ2v) is 8.43. The largest absolute Gasteiger partial charge is 0.457 e. The molecule has 34 heavy (non-hydrogen) atoms. The van der Waals surface area contributed by atoms with Gasteiger partial charge in [-0.1, -0.05) is 41.7 Å². The van der Waals surface area contributed by atoms with Crippen molar-refractivity contribution in [2.24, 2.45) is 4.99 Å². The van der Waals surface area contributed by atoms with Crippen LogP contribution in [0.25, 0.3) is 10.2 Å². The monoisotopic (exact) mass is 475 g/mol. The molecule has 1 heterocycles. The van der Waals surface area contributed by atoms with Gasteiger partial charge in [-0.05, 0) is 49.4 Å². The zero-order chi connectivity index (χ0) is 23.9. The number of thiazole rings is 1. The van der Waals surface area contributed by atoms with E-state index in [1.54, 1.807) is 18.2 Å². The summed E-state index contributed by atoms with van der Waals surface area (Å²) in [7, 11) is 0. The number of anilines is 1. The maximum absolute atomic E-state index is 13.3. The lowest BCUT2D eigenvalue weighted by Gasteiger charge is -2.09. The predicted molar refractivity (Wildman–Crippen MR) is 133 cm³/mol. The summed E-state index contributed by atoms with van der Waals surface area (Å²) in [6.45, 7) is 5.04. The van der Waals surface area contributed by atoms with Crippen LogP contribution in [0.3, 0.4) is 0 Å². The lowest BCUT2D eigenvalue weighted by molar-refractivity contribution is -0.114. The maximum atomic E-state index is 13.3. The zero-order valence-corrected chi connectivity index (χ0v) is 19.8. The number of nitrogens with one attached hydrogen (secondary N) is 1. The zero-order valence-electron chi connectivity index (χ0n) is 19.0. The molecule has 0 saturated carbocycles. The Kier molecular flexibility index (Phi) is 7.51. The van der Waals surface area contributed by atoms with Crippen LogP contribution in [0.5, 0.6) is 11.5 Å². The van der Waals surface area contributed by atoms with E-state index in [2.05, 4.69) is 10.3 Å². The average molecular weight is 476 g/mol. The maximum Gasteiger partial charge on any atom is 0.283 e. The van der Waals surface area contributed by atoms with Crippen molar-refractivity contribution in [3.8, 4) is 11.5 Å². The topological polar surface area (TPSA) is 81.9 Å². The van der Waals surface area contributed by atoms with Gasteiger partial charge in [-0.25, -0.2) is 0 Å². The molecule has 174 valence electrons. The van der Waals surface area contributed by atoms with Crippen molar-refractivity contribution < 1.29 is 19.1 Å². The molecule has 0 unspecified atom stereocenters. The molecule has 2 amide bonds. The Morgan fingerprint density at radius 1 is 1.03 bits per heavy atom. The molecule has 1 N–H and O–H groups in total. The number of fused-ring (bicyclic) bond motifs is 1. The first-order chi connectivity index (χ1) is 16.5. The van der Waals surface area contributed by atoms with Crippen LogP contribution in [0.2, 0.25) is 0 Å². The molecular formula is C26H25N3O4S. The SMILES string of the molecule is CCOCCn1c(=NC(=O)c2ccccc2Oc2ccccc2)sc2cc(NC(C)=O)ccc21. The summed E-state index contributed by atoms with van der Waals surface area (Å²) in [6, 6.07) is 22.0. The van der Waals surface area contributed by atoms with E-state index in [-0.39, 0.29) is 5.91 Å². The Hall–Kier alpha value is -3.75. The summed E-state index contributed by atoms with van der Waals surface area (Å²) in [5, 5.41) is 2.79. The molecule has 0 spiro atoms. The number of ether oxygens (including phenoxy) is 2. The molecule has 7 nitrogen and oxygen atoms in total. The van der Waals surface area contributed by atoms with Gasteiger partial charge in [0.2, 0.25) is 5.91 Å². The minimum absolute atomic E-state index is 0.143. The van der Waals surface area contributed by atoms with E-state index < -0.39 is 5.91 Å². The third-order valence-corrected chi connectivity index (χ3v) is 5.99. The van der Waals surface area contributed by atoms with Gasteiger partial charge >= 0.3 is 0 Å². The normalized spacial score (nSPS) is 11.5. The minimum Gasteiger partial charge on any atom is -0.457 e. The minimum atomic E-state index is -0.398. The number of nitrogens with zero attached hydrogens (tertiary/aromatic N) is 2. The summed E-state index contributed by atoms with van der Waals surface area (Å²) in [6.07, 6.45) is 0. The van der Waals surface area contributed by atoms with Crippen LogP contribution in [0.15, 0.2) is 77.8 Å². The molecule has 0 saturated heterocycles. The van der Waals surface area contributed by atoms with Gasteiger partial charge in [0, 0.05) is 25.8 Å². The van der Waals surface area contributed by atoms with Gasteiger partial charge in [0.15, 0.2) is 4.80 Å². The first-order valence-electron chi connectivity index (χ1n) is 10.9. The molecule has 3 aromatic carbocycles. The van der Waals surface area contributed by atoms with Crippen LogP contribution in [0, 0.1) is 0 Å². The van der Waals surface area contributed by atoms with Gasteiger partial charge in [0.25, 0.3) is 5.91 Å². The fraction of sp³-hybridized carbons (Fsp3) is 0.192. The summed E-state index contributed by atoms with van der Waals surface area (Å²) in [5.41, 5.74) is 1.98. The van der Waals surface area contributed by atoms with Gasteiger partial charge in [-0.15, -0.1) is 0 Å². The molecule has 0 fully saturated rings. The molecule has 1 aromatic heterocycles. The molecule has 0 aliphatic carbocycles. The summed E-state index contributed by atoms with van der Waals surface area (Å²) in [5.74, 6) is 0.542. The first kappa shape index (κ1) is 23.4. The van der Waals surface area contributed by atoms with Gasteiger partial charge in [-0.2, -0.15) is 4.99 Å². The molecule has 0 atom stereocenters. The van der Waals surface area contributed by atoms with Gasteiger partial charge in [0.05, 0.1) is 22.4 Å². The molecule has 4 aromatic rings. The fourth-order valence-corrected chi connectivity index (χ4v) is 4.54. The number of carbonyl (C=O) groups excluding carboxylic acids is 2. The third-order valence-electron chi connectivity index (χ3n) is 4.95. The Morgan fingerprint density at radius 2 is 1.79 bits per heavy atom. The van der Waals surface area contributed by atoms with Gasteiger partial charge < -0.3 is 19.4 Å². The third kappa shape index (κ3) is 5.59. The van der Waals surface area contributed by atoms with Crippen LogP contribution < -0.4 is 14.9 Å². The average Bonchev–Trinajstić information content (AvgIpc) is 3.16. The highest BCUT2D eigenvalue weighted by Gasteiger charge is 2.14. The Labute approximate surface area is 201 Å². The number of benzene rings is 3. The lowest BCUT2D eigenvalue weighted by atomic mass is 10.2. The highest BCUT2D eigenvalue weighted by atomic mass is 32.1. The van der Waals surface area contributed by atoms with Crippen LogP contribution in [-0.2, 0) is 16.1 Å². The van der Waals surface area contributed by atoms with E-state index in [0.29, 0.717) is 47.3 Å². The number of para-hydroxylation sites is 2. The van der Waals surface area contributed by atoms with Crippen LogP contribution >= 0.6 is 11.3 Å². The second-order valence-electron chi connectivity index (χ2n) is 7.43. The summed E-state index contributed by atoms with van der Waals surface area (Å²) in [4.78, 5) is 29.7. The predicted octanol–water partition coefficient (Wildman–Crippen LogP) is 5.23. The quantitative estimate of drug-likeness (QED) is 0.354. The fourth-order valence-electron chi connectivity index (χ4n) is 3.45. The van der Waals surface area contributed by atoms with Crippen molar-refractivity contribution in [3.63, 3.8) is 0 Å². The second kappa shape index (κ2) is 10.9. The van der Waals surface area contributed by atoms with E-state index in [0.717, 1.165) is 10.2 Å². The first-order valence-corrected chi connectivity index (χ1v) is 11.8. The van der Waals surface area contributed by atoms with Crippen LogP contribution in [0.4, 0.5) is 5.69 Å². The van der Waals surface area contributed by atoms with Crippen molar-refractivity contribution in [1.82, 2.24) is 4.57 Å². The standard InChI is InChI=1S/C26H25N3O4S/c1-3-32-16-15-29-22-14-13-19(27-18(2)30)17-24(22)34-26(29)28-25(31)21-11-7-8-12-23(21)33-20-9-5-4-6-10-20/h4-14,17H,3,15-16H2,1-2H3,(H,27,30). The van der Waals surface area contributed by atoms with E-state index in [9.17, 15) is 9.59 Å². The van der Waals surface area contributed by atoms with Crippen molar-refractivity contribution in [3.05, 3.63) is 83.2 Å². The molecular weight excluding hydrogens is 450 g/mol. The molecule has 0 aliphatic heterocycles. The molecule has 4 rings (SSSR count). The van der Waals surface area contributed by atoms with E-state index >= 15 is 0 Å².